The molecule has 9 aromatic rings. The fraction of sp³-hybridized carbons (Fsp3) is 0.0263. The van der Waals surface area contributed by atoms with Crippen LogP contribution in [0.4, 0.5) is 11.4 Å². The summed E-state index contributed by atoms with van der Waals surface area (Å²) in [6.45, 7) is 2.15. The second-order valence-corrected chi connectivity index (χ2v) is 11.0. The normalized spacial score (nSPS) is 11.8. The summed E-state index contributed by atoms with van der Waals surface area (Å²) in [6.07, 6.45) is 0. The zero-order valence-electron chi connectivity index (χ0n) is 23.5. The Labute approximate surface area is 247 Å². The molecule has 6 aromatic carbocycles. The Balaban J connectivity index is 1.28. The van der Waals surface area contributed by atoms with Gasteiger partial charge in [-0.1, -0.05) is 84.9 Å². The van der Waals surface area contributed by atoms with Crippen molar-refractivity contribution < 1.29 is 4.42 Å². The lowest BCUT2D eigenvalue weighted by Crippen LogP contribution is -1.96. The van der Waals surface area contributed by atoms with E-state index in [2.05, 4.69) is 149 Å². The minimum atomic E-state index is 0.825. The van der Waals surface area contributed by atoms with Gasteiger partial charge in [0.2, 0.25) is 5.78 Å². The summed E-state index contributed by atoms with van der Waals surface area (Å²) in [5.74, 6) is 0.880. The molecule has 0 aliphatic carbocycles. The highest BCUT2D eigenvalue weighted by molar-refractivity contribution is 6.14. The zero-order chi connectivity index (χ0) is 28.5. The maximum Gasteiger partial charge on any atom is 0.220 e. The van der Waals surface area contributed by atoms with E-state index in [4.69, 9.17) is 9.40 Å². The van der Waals surface area contributed by atoms with E-state index >= 15 is 0 Å². The van der Waals surface area contributed by atoms with Crippen molar-refractivity contribution in [3.8, 4) is 16.8 Å². The average Bonchev–Trinajstić information content (AvgIpc) is 3.71. The van der Waals surface area contributed by atoms with Crippen molar-refractivity contribution in [3.63, 3.8) is 0 Å². The molecular formula is C38H26N4O. The number of anilines is 2. The Morgan fingerprint density at radius 1 is 0.605 bits per heavy atom. The molecule has 0 bridgehead atoms. The number of para-hydroxylation sites is 6. The van der Waals surface area contributed by atoms with E-state index in [1.165, 1.54) is 11.1 Å². The van der Waals surface area contributed by atoms with Gasteiger partial charge in [-0.15, -0.1) is 0 Å². The van der Waals surface area contributed by atoms with Gasteiger partial charge in [0, 0.05) is 16.6 Å². The van der Waals surface area contributed by atoms with Crippen molar-refractivity contribution in [2.24, 2.45) is 0 Å². The van der Waals surface area contributed by atoms with Crippen LogP contribution >= 0.6 is 0 Å². The third kappa shape index (κ3) is 3.48. The van der Waals surface area contributed by atoms with E-state index in [-0.39, 0.29) is 0 Å². The SMILES string of the molecule is Cc1ccccc1-c1ccccc1Nc1cccc2c1oc1cccc(-n3c4ccccc4n4c5ccccc5nc34)c12. The van der Waals surface area contributed by atoms with Gasteiger partial charge in [-0.05, 0) is 66.6 Å². The number of hydrogen-bond acceptors (Lipinski definition) is 3. The summed E-state index contributed by atoms with van der Waals surface area (Å²) in [4.78, 5) is 5.10. The lowest BCUT2D eigenvalue weighted by molar-refractivity contribution is 0.670. The van der Waals surface area contributed by atoms with Crippen LogP contribution < -0.4 is 5.32 Å². The Kier molecular flexibility index (Phi) is 5.05. The van der Waals surface area contributed by atoms with E-state index in [1.807, 2.05) is 6.07 Å². The van der Waals surface area contributed by atoms with Gasteiger partial charge >= 0.3 is 0 Å². The van der Waals surface area contributed by atoms with Gasteiger partial charge in [-0.2, -0.15) is 0 Å². The second kappa shape index (κ2) is 9.10. The Hall–Kier alpha value is -5.81. The molecule has 0 aliphatic rings. The highest BCUT2D eigenvalue weighted by Crippen LogP contribution is 2.41. The lowest BCUT2D eigenvalue weighted by Gasteiger charge is -2.14. The molecule has 0 fully saturated rings. The Bertz CT molecular complexity index is 2510. The van der Waals surface area contributed by atoms with Crippen LogP contribution in [0.3, 0.4) is 0 Å². The molecular weight excluding hydrogens is 528 g/mol. The minimum absolute atomic E-state index is 0.825. The van der Waals surface area contributed by atoms with Gasteiger partial charge in [-0.25, -0.2) is 4.98 Å². The summed E-state index contributed by atoms with van der Waals surface area (Å²) >= 11 is 0. The molecule has 204 valence electrons. The molecule has 1 N–H and O–H groups in total. The number of nitrogens with zero attached hydrogens (tertiary/aromatic N) is 3. The number of furan rings is 1. The van der Waals surface area contributed by atoms with Crippen molar-refractivity contribution >= 4 is 61.2 Å². The lowest BCUT2D eigenvalue weighted by atomic mass is 9.99. The summed E-state index contributed by atoms with van der Waals surface area (Å²) in [5, 5.41) is 5.83. The van der Waals surface area contributed by atoms with Gasteiger partial charge in [0.1, 0.15) is 5.58 Å². The predicted octanol–water partition coefficient (Wildman–Crippen LogP) is 10.0. The Morgan fingerprint density at radius 2 is 1.30 bits per heavy atom. The number of hydrogen-bond donors (Lipinski definition) is 1. The van der Waals surface area contributed by atoms with Crippen LogP contribution in [-0.2, 0) is 0 Å². The molecule has 0 radical (unpaired) electrons. The number of rotatable bonds is 4. The minimum Gasteiger partial charge on any atom is -0.454 e. The monoisotopic (exact) mass is 554 g/mol. The molecule has 0 amide bonds. The van der Waals surface area contributed by atoms with Gasteiger partial charge < -0.3 is 9.73 Å². The van der Waals surface area contributed by atoms with Gasteiger partial charge in [0.15, 0.2) is 5.58 Å². The second-order valence-electron chi connectivity index (χ2n) is 11.0. The standard InChI is InChI=1S/C38H26N4O/c1-24-12-2-3-13-25(24)26-14-4-5-16-28(26)39-30-18-10-15-27-36-34(22-11-23-35(36)43-37(27)30)42-33-21-9-8-20-32(33)41-31-19-7-6-17-29(31)40-38(41)42/h2-23,39H,1H3. The van der Waals surface area contributed by atoms with E-state index in [9.17, 15) is 0 Å². The fourth-order valence-corrected chi connectivity index (χ4v) is 6.55. The van der Waals surface area contributed by atoms with Crippen LogP contribution in [0.2, 0.25) is 0 Å². The van der Waals surface area contributed by atoms with E-state index < -0.39 is 0 Å². The van der Waals surface area contributed by atoms with Gasteiger partial charge in [-0.3, -0.25) is 8.97 Å². The van der Waals surface area contributed by atoms with Crippen molar-refractivity contribution in [2.75, 3.05) is 5.32 Å². The van der Waals surface area contributed by atoms with Crippen molar-refractivity contribution in [1.82, 2.24) is 14.0 Å². The van der Waals surface area contributed by atoms with Crippen molar-refractivity contribution in [3.05, 3.63) is 139 Å². The average molecular weight is 555 g/mol. The largest absolute Gasteiger partial charge is 0.454 e. The van der Waals surface area contributed by atoms with Gasteiger partial charge in [0.25, 0.3) is 0 Å². The number of nitrogens with one attached hydrogen (secondary N) is 1. The molecule has 0 unspecified atom stereocenters. The summed E-state index contributed by atoms with van der Waals surface area (Å²) in [7, 11) is 0. The smallest absolute Gasteiger partial charge is 0.220 e. The summed E-state index contributed by atoms with van der Waals surface area (Å²) in [6, 6.07) is 46.3. The predicted molar refractivity (Wildman–Crippen MR) is 177 cm³/mol. The fourth-order valence-electron chi connectivity index (χ4n) is 6.55. The molecule has 5 nitrogen and oxygen atoms in total. The van der Waals surface area contributed by atoms with Crippen LogP contribution in [0.5, 0.6) is 0 Å². The third-order valence-corrected chi connectivity index (χ3v) is 8.48. The number of aryl methyl sites for hydroxylation is 1. The van der Waals surface area contributed by atoms with E-state index in [1.54, 1.807) is 0 Å². The quantitative estimate of drug-likeness (QED) is 0.235. The maximum atomic E-state index is 6.64. The van der Waals surface area contributed by atoms with Crippen LogP contribution in [0.25, 0.3) is 66.6 Å². The third-order valence-electron chi connectivity index (χ3n) is 8.48. The molecule has 5 heteroatoms. The number of aromatic nitrogens is 3. The van der Waals surface area contributed by atoms with Crippen LogP contribution in [-0.4, -0.2) is 14.0 Å². The molecule has 0 spiro atoms. The first kappa shape index (κ1) is 23.9. The highest BCUT2D eigenvalue weighted by atomic mass is 16.3. The first-order chi connectivity index (χ1) is 21.3. The maximum absolute atomic E-state index is 6.64. The van der Waals surface area contributed by atoms with E-state index in [0.717, 1.165) is 72.4 Å². The molecule has 0 aliphatic heterocycles. The molecule has 3 aromatic heterocycles. The Morgan fingerprint density at radius 3 is 2.19 bits per heavy atom. The van der Waals surface area contributed by atoms with Gasteiger partial charge in [0.05, 0.1) is 38.8 Å². The highest BCUT2D eigenvalue weighted by Gasteiger charge is 2.21. The van der Waals surface area contributed by atoms with Crippen LogP contribution in [0.1, 0.15) is 5.56 Å². The first-order valence-corrected chi connectivity index (χ1v) is 14.5. The van der Waals surface area contributed by atoms with Crippen molar-refractivity contribution in [2.45, 2.75) is 6.92 Å². The number of fused-ring (bicyclic) bond motifs is 8. The van der Waals surface area contributed by atoms with Crippen LogP contribution in [0, 0.1) is 6.92 Å². The topological polar surface area (TPSA) is 47.4 Å². The summed E-state index contributed by atoms with van der Waals surface area (Å²) < 4.78 is 11.2. The molecule has 0 saturated heterocycles. The first-order valence-electron chi connectivity index (χ1n) is 14.5. The molecule has 9 rings (SSSR count). The van der Waals surface area contributed by atoms with Crippen LogP contribution in [0.15, 0.2) is 138 Å². The van der Waals surface area contributed by atoms with Crippen molar-refractivity contribution in [1.29, 1.82) is 0 Å². The number of imidazole rings is 2. The molecule has 3 heterocycles. The molecule has 0 saturated carbocycles. The molecule has 0 atom stereocenters. The zero-order valence-corrected chi connectivity index (χ0v) is 23.5. The number of benzene rings is 6. The summed E-state index contributed by atoms with van der Waals surface area (Å²) in [5.41, 5.74) is 12.5. The van der Waals surface area contributed by atoms with E-state index in [0.29, 0.717) is 0 Å². The molecule has 43 heavy (non-hydrogen) atoms.